The van der Waals surface area contributed by atoms with Crippen molar-refractivity contribution in [3.63, 3.8) is 0 Å². The monoisotopic (exact) mass is 214 g/mol. The quantitative estimate of drug-likeness (QED) is 0.744. The van der Waals surface area contributed by atoms with Crippen molar-refractivity contribution < 1.29 is 4.39 Å². The minimum atomic E-state index is -0.483. The first-order chi connectivity index (χ1) is 6.59. The maximum Gasteiger partial charge on any atom is 0.147 e. The van der Waals surface area contributed by atoms with E-state index in [1.807, 2.05) is 0 Å². The van der Waals surface area contributed by atoms with Crippen LogP contribution in [0.5, 0.6) is 0 Å². The minimum Gasteiger partial charge on any atom is -0.396 e. The molecule has 1 unspecified atom stereocenters. The largest absolute Gasteiger partial charge is 0.396 e. The predicted octanol–water partition coefficient (Wildman–Crippen LogP) is 2.47. The molecule has 0 heterocycles. The molecule has 4 heteroatoms. The number of hydrogen-bond acceptors (Lipinski definition) is 2. The molecule has 1 saturated carbocycles. The maximum atomic E-state index is 13.2. The van der Waals surface area contributed by atoms with Crippen molar-refractivity contribution >= 4 is 17.3 Å². The molecular weight excluding hydrogens is 203 g/mol. The van der Waals surface area contributed by atoms with Gasteiger partial charge in [-0.15, -0.1) is 0 Å². The van der Waals surface area contributed by atoms with Crippen LogP contribution in [0, 0.1) is 11.7 Å². The Morgan fingerprint density at radius 3 is 2.64 bits per heavy atom. The van der Waals surface area contributed by atoms with E-state index >= 15 is 0 Å². The van der Waals surface area contributed by atoms with Crippen molar-refractivity contribution in [3.05, 3.63) is 28.5 Å². The first-order valence-electron chi connectivity index (χ1n) is 4.59. The number of hydrogen-bond donors (Lipinski definition) is 2. The van der Waals surface area contributed by atoms with Crippen molar-refractivity contribution in [2.24, 2.45) is 11.7 Å². The number of nitrogen functional groups attached to an aromatic ring is 1. The fourth-order valence-corrected chi connectivity index (χ4v) is 1.80. The zero-order chi connectivity index (χ0) is 10.3. The molecule has 0 radical (unpaired) electrons. The van der Waals surface area contributed by atoms with Crippen LogP contribution in [0.1, 0.15) is 24.4 Å². The zero-order valence-corrected chi connectivity index (χ0v) is 8.39. The summed E-state index contributed by atoms with van der Waals surface area (Å²) in [5.41, 5.74) is 12.3. The molecule has 76 valence electrons. The molecule has 0 saturated heterocycles. The molecule has 14 heavy (non-hydrogen) atoms. The average molecular weight is 215 g/mol. The highest BCUT2D eigenvalue weighted by Crippen LogP contribution is 2.42. The average Bonchev–Trinajstić information content (AvgIpc) is 2.93. The van der Waals surface area contributed by atoms with Crippen LogP contribution in [0.2, 0.25) is 5.02 Å². The van der Waals surface area contributed by atoms with Gasteiger partial charge in [-0.2, -0.15) is 0 Å². The van der Waals surface area contributed by atoms with Crippen molar-refractivity contribution in [1.82, 2.24) is 0 Å². The van der Waals surface area contributed by atoms with Crippen molar-refractivity contribution in [3.8, 4) is 0 Å². The molecule has 1 aliphatic carbocycles. The number of nitrogens with two attached hydrogens (primary N) is 2. The Hall–Kier alpha value is -0.800. The summed E-state index contributed by atoms with van der Waals surface area (Å²) in [6, 6.07) is 2.69. The minimum absolute atomic E-state index is 0.133. The zero-order valence-electron chi connectivity index (χ0n) is 7.63. The number of benzene rings is 1. The second-order valence-electron chi connectivity index (χ2n) is 3.75. The Balaban J connectivity index is 2.39. The van der Waals surface area contributed by atoms with Crippen molar-refractivity contribution in [2.75, 3.05) is 5.73 Å². The first kappa shape index (κ1) is 9.74. The lowest BCUT2D eigenvalue weighted by atomic mass is 10.0. The van der Waals surface area contributed by atoms with Gasteiger partial charge in [0.15, 0.2) is 0 Å². The third-order valence-corrected chi connectivity index (χ3v) is 2.83. The van der Waals surface area contributed by atoms with Crippen LogP contribution in [0.4, 0.5) is 10.1 Å². The van der Waals surface area contributed by atoms with Gasteiger partial charge in [0, 0.05) is 11.1 Å². The lowest BCUT2D eigenvalue weighted by Crippen LogP contribution is -2.15. The molecule has 0 amide bonds. The fraction of sp³-hybridized carbons (Fsp3) is 0.400. The summed E-state index contributed by atoms with van der Waals surface area (Å²) in [7, 11) is 0. The van der Waals surface area contributed by atoms with E-state index in [1.54, 1.807) is 6.07 Å². The SMILES string of the molecule is Nc1c(F)cc(Cl)cc1C(N)C1CC1. The summed E-state index contributed by atoms with van der Waals surface area (Å²) in [5.74, 6) is -0.0428. The van der Waals surface area contributed by atoms with E-state index in [2.05, 4.69) is 0 Å². The molecule has 1 atom stereocenters. The highest BCUT2D eigenvalue weighted by molar-refractivity contribution is 6.30. The van der Waals surface area contributed by atoms with Gasteiger partial charge in [0.25, 0.3) is 0 Å². The van der Waals surface area contributed by atoms with Crippen LogP contribution >= 0.6 is 11.6 Å². The first-order valence-corrected chi connectivity index (χ1v) is 4.97. The molecular formula is C10H12ClFN2. The van der Waals surface area contributed by atoms with Gasteiger partial charge >= 0.3 is 0 Å². The Morgan fingerprint density at radius 1 is 1.43 bits per heavy atom. The Kier molecular flexibility index (Phi) is 2.37. The van der Waals surface area contributed by atoms with Gasteiger partial charge < -0.3 is 11.5 Å². The molecule has 1 fully saturated rings. The second kappa shape index (κ2) is 3.41. The summed E-state index contributed by atoms with van der Waals surface area (Å²) in [4.78, 5) is 0. The third-order valence-electron chi connectivity index (χ3n) is 2.62. The van der Waals surface area contributed by atoms with Gasteiger partial charge in [-0.05, 0) is 36.5 Å². The van der Waals surface area contributed by atoms with Crippen LogP contribution in [-0.2, 0) is 0 Å². The van der Waals surface area contributed by atoms with Crippen LogP contribution in [0.25, 0.3) is 0 Å². The van der Waals surface area contributed by atoms with E-state index in [0.29, 0.717) is 16.5 Å². The highest BCUT2D eigenvalue weighted by atomic mass is 35.5. The molecule has 1 aromatic rings. The fourth-order valence-electron chi connectivity index (χ4n) is 1.59. The van der Waals surface area contributed by atoms with E-state index in [4.69, 9.17) is 23.1 Å². The van der Waals surface area contributed by atoms with Gasteiger partial charge in [0.1, 0.15) is 5.82 Å². The summed E-state index contributed by atoms with van der Waals surface area (Å²) >= 11 is 5.74. The van der Waals surface area contributed by atoms with Gasteiger partial charge in [0.05, 0.1) is 5.69 Å². The molecule has 1 aromatic carbocycles. The Bertz CT molecular complexity index is 363. The van der Waals surface area contributed by atoms with Crippen LogP contribution in [-0.4, -0.2) is 0 Å². The predicted molar refractivity (Wildman–Crippen MR) is 55.5 cm³/mol. The number of rotatable bonds is 2. The van der Waals surface area contributed by atoms with Gasteiger partial charge in [-0.1, -0.05) is 11.6 Å². The summed E-state index contributed by atoms with van der Waals surface area (Å²) in [6.45, 7) is 0. The van der Waals surface area contributed by atoms with Crippen molar-refractivity contribution in [1.29, 1.82) is 0 Å². The lowest BCUT2D eigenvalue weighted by Gasteiger charge is -2.14. The Labute approximate surface area is 87.0 Å². The summed E-state index contributed by atoms with van der Waals surface area (Å²) in [6.07, 6.45) is 2.18. The van der Waals surface area contributed by atoms with Crippen molar-refractivity contribution in [2.45, 2.75) is 18.9 Å². The second-order valence-corrected chi connectivity index (χ2v) is 4.19. The normalized spacial score (nSPS) is 18.2. The summed E-state index contributed by atoms with van der Waals surface area (Å²) in [5, 5.41) is 0.350. The molecule has 4 N–H and O–H groups in total. The standard InChI is InChI=1S/C10H12ClFN2/c11-6-3-7(9(13)5-1-2-5)10(14)8(12)4-6/h3-5,9H,1-2,13-14H2. The molecule has 2 rings (SSSR count). The topological polar surface area (TPSA) is 52.0 Å². The van der Waals surface area contributed by atoms with Crippen LogP contribution in [0.3, 0.4) is 0 Å². The lowest BCUT2D eigenvalue weighted by molar-refractivity contribution is 0.608. The Morgan fingerprint density at radius 2 is 2.07 bits per heavy atom. The third kappa shape index (κ3) is 1.70. The van der Waals surface area contributed by atoms with E-state index in [0.717, 1.165) is 12.8 Å². The van der Waals surface area contributed by atoms with E-state index in [9.17, 15) is 4.39 Å². The number of anilines is 1. The smallest absolute Gasteiger partial charge is 0.147 e. The van der Waals surface area contributed by atoms with Gasteiger partial charge in [-0.3, -0.25) is 0 Å². The molecule has 0 aromatic heterocycles. The molecule has 0 aliphatic heterocycles. The van der Waals surface area contributed by atoms with Crippen LogP contribution < -0.4 is 11.5 Å². The molecule has 0 bridgehead atoms. The number of halogens is 2. The van der Waals surface area contributed by atoms with Gasteiger partial charge in [-0.25, -0.2) is 4.39 Å². The van der Waals surface area contributed by atoms with E-state index in [-0.39, 0.29) is 11.7 Å². The highest BCUT2D eigenvalue weighted by Gasteiger charge is 2.31. The molecule has 1 aliphatic rings. The summed E-state index contributed by atoms with van der Waals surface area (Å²) < 4.78 is 13.2. The van der Waals surface area contributed by atoms with E-state index < -0.39 is 5.82 Å². The molecule has 2 nitrogen and oxygen atoms in total. The molecule has 0 spiro atoms. The van der Waals surface area contributed by atoms with Crippen LogP contribution in [0.15, 0.2) is 12.1 Å². The van der Waals surface area contributed by atoms with E-state index in [1.165, 1.54) is 6.07 Å². The van der Waals surface area contributed by atoms with Gasteiger partial charge in [0.2, 0.25) is 0 Å². The maximum absolute atomic E-state index is 13.2.